The summed E-state index contributed by atoms with van der Waals surface area (Å²) in [6, 6.07) is 15.8. The third-order valence-electron chi connectivity index (χ3n) is 3.82. The minimum absolute atomic E-state index is 0.0131. The molecule has 1 amide bonds. The Bertz CT molecular complexity index is 1030. The van der Waals surface area contributed by atoms with Gasteiger partial charge < -0.3 is 25.8 Å². The molecular weight excluding hydrogens is 388 g/mol. The highest BCUT2D eigenvalue weighted by Crippen LogP contribution is 2.13. The molecule has 0 aliphatic carbocycles. The highest BCUT2D eigenvalue weighted by atomic mass is 16.5. The molecule has 4 N–H and O–H groups in total. The van der Waals surface area contributed by atoms with Crippen molar-refractivity contribution in [2.24, 2.45) is 0 Å². The van der Waals surface area contributed by atoms with Crippen molar-refractivity contribution in [2.45, 2.75) is 6.61 Å². The largest absolute Gasteiger partial charge is 0.497 e. The number of carbonyl (C=O) groups excluding carboxylic acids is 2. The number of carbonyl (C=O) groups is 2. The first-order chi connectivity index (χ1) is 14.5. The van der Waals surface area contributed by atoms with E-state index in [1.807, 2.05) is 30.3 Å². The SMILES string of the molecule is COc1cccc(C(=O)NCC(=O)OCc2nc(N)nc(Nc3ccccc3)n2)c1. The Kier molecular flexibility index (Phi) is 6.72. The molecule has 0 saturated carbocycles. The molecule has 0 atom stereocenters. The lowest BCUT2D eigenvalue weighted by Crippen LogP contribution is -2.30. The molecule has 3 aromatic rings. The van der Waals surface area contributed by atoms with Crippen LogP contribution >= 0.6 is 0 Å². The number of nitrogens with two attached hydrogens (primary N) is 1. The van der Waals surface area contributed by atoms with Gasteiger partial charge in [0.15, 0.2) is 12.4 Å². The van der Waals surface area contributed by atoms with Crippen LogP contribution in [0.3, 0.4) is 0 Å². The number of aromatic nitrogens is 3. The van der Waals surface area contributed by atoms with Gasteiger partial charge in [-0.15, -0.1) is 0 Å². The molecule has 10 nitrogen and oxygen atoms in total. The lowest BCUT2D eigenvalue weighted by Gasteiger charge is -2.09. The highest BCUT2D eigenvalue weighted by molar-refractivity contribution is 5.96. The fourth-order valence-electron chi connectivity index (χ4n) is 2.42. The molecule has 0 unspecified atom stereocenters. The maximum atomic E-state index is 12.1. The monoisotopic (exact) mass is 408 g/mol. The van der Waals surface area contributed by atoms with Crippen LogP contribution in [-0.2, 0) is 16.1 Å². The number of methoxy groups -OCH3 is 1. The van der Waals surface area contributed by atoms with Gasteiger partial charge in [0.25, 0.3) is 5.91 Å². The normalized spacial score (nSPS) is 10.2. The number of anilines is 3. The van der Waals surface area contributed by atoms with Gasteiger partial charge in [0, 0.05) is 11.3 Å². The molecule has 154 valence electrons. The Balaban J connectivity index is 1.52. The van der Waals surface area contributed by atoms with E-state index < -0.39 is 11.9 Å². The molecule has 0 radical (unpaired) electrons. The van der Waals surface area contributed by atoms with Crippen LogP contribution in [0.1, 0.15) is 16.2 Å². The number of rotatable bonds is 8. The minimum atomic E-state index is -0.650. The molecule has 0 spiro atoms. The number of amides is 1. The summed E-state index contributed by atoms with van der Waals surface area (Å²) < 4.78 is 10.2. The molecule has 1 heterocycles. The van der Waals surface area contributed by atoms with Crippen molar-refractivity contribution in [3.05, 3.63) is 66.0 Å². The Hall–Kier alpha value is -4.21. The first-order valence-corrected chi connectivity index (χ1v) is 8.94. The van der Waals surface area contributed by atoms with Gasteiger partial charge in [-0.1, -0.05) is 24.3 Å². The highest BCUT2D eigenvalue weighted by Gasteiger charge is 2.12. The fraction of sp³-hybridized carbons (Fsp3) is 0.150. The van der Waals surface area contributed by atoms with Crippen LogP contribution in [0.2, 0.25) is 0 Å². The van der Waals surface area contributed by atoms with Gasteiger partial charge in [0.05, 0.1) is 7.11 Å². The van der Waals surface area contributed by atoms with Crippen LogP contribution in [0.4, 0.5) is 17.6 Å². The molecule has 0 aliphatic rings. The van der Waals surface area contributed by atoms with Crippen LogP contribution in [0.25, 0.3) is 0 Å². The maximum Gasteiger partial charge on any atom is 0.325 e. The molecular formula is C20H20N6O4. The van der Waals surface area contributed by atoms with Gasteiger partial charge in [0.1, 0.15) is 12.3 Å². The van der Waals surface area contributed by atoms with E-state index >= 15 is 0 Å². The number of para-hydroxylation sites is 1. The van der Waals surface area contributed by atoms with Gasteiger partial charge >= 0.3 is 5.97 Å². The van der Waals surface area contributed by atoms with Crippen LogP contribution in [0.5, 0.6) is 5.75 Å². The standard InChI is InChI=1S/C20H20N6O4/c1-29-15-9-5-6-13(10-15)18(28)22-11-17(27)30-12-16-24-19(21)26-20(25-16)23-14-7-3-2-4-8-14/h2-10H,11-12H2,1H3,(H,22,28)(H3,21,23,24,25,26). The third-order valence-corrected chi connectivity index (χ3v) is 3.82. The minimum Gasteiger partial charge on any atom is -0.497 e. The number of benzene rings is 2. The van der Waals surface area contributed by atoms with Crippen LogP contribution in [0, 0.1) is 0 Å². The fourth-order valence-corrected chi connectivity index (χ4v) is 2.42. The molecule has 10 heteroatoms. The van der Waals surface area contributed by atoms with Crippen LogP contribution in [0.15, 0.2) is 54.6 Å². The lowest BCUT2D eigenvalue weighted by molar-refractivity contribution is -0.143. The van der Waals surface area contributed by atoms with Crippen molar-refractivity contribution in [1.29, 1.82) is 0 Å². The molecule has 0 bridgehead atoms. The van der Waals surface area contributed by atoms with Crippen molar-refractivity contribution in [3.8, 4) is 5.75 Å². The zero-order chi connectivity index (χ0) is 21.3. The smallest absolute Gasteiger partial charge is 0.325 e. The average molecular weight is 408 g/mol. The first-order valence-electron chi connectivity index (χ1n) is 8.94. The number of ether oxygens (including phenoxy) is 2. The first kappa shape index (κ1) is 20.5. The van der Waals surface area contributed by atoms with Crippen molar-refractivity contribution < 1.29 is 19.1 Å². The summed E-state index contributed by atoms with van der Waals surface area (Å²) in [5.41, 5.74) is 6.83. The average Bonchev–Trinajstić information content (AvgIpc) is 2.76. The Labute approximate surface area is 172 Å². The zero-order valence-electron chi connectivity index (χ0n) is 16.2. The van der Waals surface area contributed by atoms with Crippen molar-refractivity contribution in [3.63, 3.8) is 0 Å². The predicted molar refractivity (Wildman–Crippen MR) is 109 cm³/mol. The van der Waals surface area contributed by atoms with Crippen LogP contribution < -0.4 is 21.1 Å². The second-order valence-electron chi connectivity index (χ2n) is 6.00. The number of hydrogen-bond donors (Lipinski definition) is 3. The topological polar surface area (TPSA) is 141 Å². The summed E-state index contributed by atoms with van der Waals surface area (Å²) >= 11 is 0. The van der Waals surface area contributed by atoms with Crippen molar-refractivity contribution in [1.82, 2.24) is 20.3 Å². The van der Waals surface area contributed by atoms with Gasteiger partial charge in [-0.05, 0) is 30.3 Å². The summed E-state index contributed by atoms with van der Waals surface area (Å²) in [6.07, 6.45) is 0. The van der Waals surface area contributed by atoms with Gasteiger partial charge in [-0.3, -0.25) is 9.59 Å². The number of nitrogens with zero attached hydrogens (tertiary/aromatic N) is 3. The Morgan fingerprint density at radius 2 is 1.83 bits per heavy atom. The Morgan fingerprint density at radius 1 is 1.03 bits per heavy atom. The van der Waals surface area contributed by atoms with E-state index in [0.717, 1.165) is 5.69 Å². The summed E-state index contributed by atoms with van der Waals surface area (Å²) in [6.45, 7) is -0.532. The molecule has 0 fully saturated rings. The van der Waals surface area contributed by atoms with E-state index in [-0.39, 0.29) is 30.9 Å². The van der Waals surface area contributed by atoms with E-state index in [1.165, 1.54) is 7.11 Å². The lowest BCUT2D eigenvalue weighted by atomic mass is 10.2. The predicted octanol–water partition coefficient (Wildman–Crippen LogP) is 1.68. The van der Waals surface area contributed by atoms with Gasteiger partial charge in [-0.2, -0.15) is 15.0 Å². The quantitative estimate of drug-likeness (QED) is 0.475. The molecule has 0 aliphatic heterocycles. The third kappa shape index (κ3) is 5.89. The molecule has 30 heavy (non-hydrogen) atoms. The Morgan fingerprint density at radius 3 is 2.60 bits per heavy atom. The molecule has 2 aromatic carbocycles. The van der Waals surface area contributed by atoms with Gasteiger partial charge in [0.2, 0.25) is 11.9 Å². The molecule has 1 aromatic heterocycles. The summed E-state index contributed by atoms with van der Waals surface area (Å²) in [7, 11) is 1.50. The second kappa shape index (κ2) is 9.82. The molecule has 3 rings (SSSR count). The van der Waals surface area contributed by atoms with E-state index in [1.54, 1.807) is 24.3 Å². The summed E-state index contributed by atoms with van der Waals surface area (Å²) in [4.78, 5) is 36.2. The number of nitrogens with one attached hydrogen (secondary N) is 2. The molecule has 0 saturated heterocycles. The maximum absolute atomic E-state index is 12.1. The van der Waals surface area contributed by atoms with Crippen molar-refractivity contribution in [2.75, 3.05) is 24.7 Å². The summed E-state index contributed by atoms with van der Waals surface area (Å²) in [5.74, 6) is -0.148. The van der Waals surface area contributed by atoms with Crippen molar-refractivity contribution >= 4 is 29.5 Å². The number of esters is 1. The number of hydrogen-bond acceptors (Lipinski definition) is 9. The second-order valence-corrected chi connectivity index (χ2v) is 6.00. The van der Waals surface area contributed by atoms with E-state index in [2.05, 4.69) is 25.6 Å². The number of nitrogen functional groups attached to an aromatic ring is 1. The zero-order valence-corrected chi connectivity index (χ0v) is 16.2. The van der Waals surface area contributed by atoms with Gasteiger partial charge in [-0.25, -0.2) is 0 Å². The van der Waals surface area contributed by atoms with E-state index in [0.29, 0.717) is 11.3 Å². The van der Waals surface area contributed by atoms with E-state index in [4.69, 9.17) is 15.2 Å². The summed E-state index contributed by atoms with van der Waals surface area (Å²) in [5, 5.41) is 5.47. The van der Waals surface area contributed by atoms with E-state index in [9.17, 15) is 9.59 Å². The van der Waals surface area contributed by atoms with Crippen LogP contribution in [-0.4, -0.2) is 40.5 Å².